The maximum Gasteiger partial charge on any atom is 0.356 e. The van der Waals surface area contributed by atoms with Crippen molar-refractivity contribution in [3.05, 3.63) is 100.0 Å². The summed E-state index contributed by atoms with van der Waals surface area (Å²) in [6.07, 6.45) is 0. The van der Waals surface area contributed by atoms with E-state index in [1.807, 2.05) is 41.5 Å². The number of carbonyl (C=O) groups excluding carboxylic acids is 3. The number of rotatable bonds is 15. The largest absolute Gasteiger partial charge is 0.493 e. The van der Waals surface area contributed by atoms with Gasteiger partial charge in [-0.2, -0.15) is 0 Å². The molecule has 15 heteroatoms. The van der Waals surface area contributed by atoms with E-state index in [-0.39, 0.29) is 68.7 Å². The lowest BCUT2D eigenvalue weighted by Crippen LogP contribution is -2.17. The molecule has 300 valence electrons. The van der Waals surface area contributed by atoms with Crippen molar-refractivity contribution in [1.29, 1.82) is 0 Å². The van der Waals surface area contributed by atoms with Crippen molar-refractivity contribution < 1.29 is 38.3 Å². The number of benzene rings is 3. The van der Waals surface area contributed by atoms with E-state index >= 15 is 0 Å². The Morgan fingerprint density at radius 2 is 0.983 bits per heavy atom. The molecule has 15 nitrogen and oxygen atoms in total. The molecule has 6 aromatic rings. The van der Waals surface area contributed by atoms with E-state index in [1.54, 1.807) is 42.5 Å². The highest BCUT2D eigenvalue weighted by molar-refractivity contribution is 6.13. The van der Waals surface area contributed by atoms with Crippen molar-refractivity contribution in [3.8, 4) is 17.2 Å². The normalized spacial score (nSPS) is 11.3. The molecule has 6 rings (SSSR count). The van der Waals surface area contributed by atoms with E-state index in [1.165, 1.54) is 37.4 Å². The first-order valence-electron chi connectivity index (χ1n) is 18.8. The summed E-state index contributed by atoms with van der Waals surface area (Å²) >= 11 is 0. The Hall–Kier alpha value is -6.90. The fourth-order valence-corrected chi connectivity index (χ4v) is 5.93. The number of methoxy groups -OCH3 is 1. The van der Waals surface area contributed by atoms with Crippen LogP contribution in [-0.4, -0.2) is 64.6 Å². The van der Waals surface area contributed by atoms with Crippen molar-refractivity contribution in [2.24, 2.45) is 17.8 Å². The third-order valence-electron chi connectivity index (χ3n) is 8.65. The summed E-state index contributed by atoms with van der Waals surface area (Å²) in [4.78, 5) is 65.8. The van der Waals surface area contributed by atoms with Gasteiger partial charge in [-0.3, -0.25) is 19.7 Å². The van der Waals surface area contributed by atoms with Crippen LogP contribution in [0.1, 0.15) is 73.0 Å². The third kappa shape index (κ3) is 9.04. The molecule has 3 aromatic carbocycles. The first kappa shape index (κ1) is 40.8. The number of nitro groups is 1. The molecule has 58 heavy (non-hydrogen) atoms. The number of carbonyl (C=O) groups is 3. The summed E-state index contributed by atoms with van der Waals surface area (Å²) in [5.74, 6) is -0.516. The Morgan fingerprint density at radius 3 is 1.40 bits per heavy atom. The zero-order chi connectivity index (χ0) is 41.7. The number of amides is 2. The Balaban J connectivity index is 1.42. The Bertz CT molecular complexity index is 2560. The van der Waals surface area contributed by atoms with Gasteiger partial charge >= 0.3 is 5.97 Å². The maximum atomic E-state index is 14.1. The molecule has 0 radical (unpaired) electrons. The van der Waals surface area contributed by atoms with Gasteiger partial charge in [0.1, 0.15) is 28.6 Å². The Kier molecular flexibility index (Phi) is 12.3. The standard InChI is InChI=1S/C43H44N6O9/c1-23(2)20-56-35-17-31(41(50)48-30-15-9-12-27-37(58-22-25(5)6)19-33(43(52)55-7)46-39(27)30)44-38-26(35)11-8-14-29(38)47-42(51)32-18-36(57-21-24(3)4)28-13-10-16-34(49(53)54)40(28)45-32/h8-19,23-25H,20-22H2,1-7H3,(H,47,51)(H,48,50). The summed E-state index contributed by atoms with van der Waals surface area (Å²) in [5, 5.41) is 19.2. The van der Waals surface area contributed by atoms with Gasteiger partial charge in [0.2, 0.25) is 0 Å². The molecular weight excluding hydrogens is 745 g/mol. The van der Waals surface area contributed by atoms with Crippen LogP contribution in [0.4, 0.5) is 17.1 Å². The van der Waals surface area contributed by atoms with Crippen molar-refractivity contribution in [2.45, 2.75) is 41.5 Å². The molecule has 0 bridgehead atoms. The van der Waals surface area contributed by atoms with E-state index in [2.05, 4.69) is 20.6 Å². The fourth-order valence-electron chi connectivity index (χ4n) is 5.93. The SMILES string of the molecule is COC(=O)c1cc(OCC(C)C)c2cccc(NC(=O)c3cc(OCC(C)C)c4cccc(NC(=O)c5cc(OCC(C)C)c6cccc([N+](=O)[O-])c6n5)c4n3)c2n1. The summed E-state index contributed by atoms with van der Waals surface area (Å²) in [6.45, 7) is 12.9. The minimum Gasteiger partial charge on any atom is -0.493 e. The van der Waals surface area contributed by atoms with Crippen LogP contribution in [0.3, 0.4) is 0 Å². The van der Waals surface area contributed by atoms with Crippen LogP contribution in [0.2, 0.25) is 0 Å². The van der Waals surface area contributed by atoms with Crippen LogP contribution in [-0.2, 0) is 4.74 Å². The van der Waals surface area contributed by atoms with Gasteiger partial charge in [-0.15, -0.1) is 0 Å². The lowest BCUT2D eigenvalue weighted by atomic mass is 10.1. The zero-order valence-corrected chi connectivity index (χ0v) is 33.2. The van der Waals surface area contributed by atoms with Crippen LogP contribution in [0, 0.1) is 27.9 Å². The highest BCUT2D eigenvalue weighted by Crippen LogP contribution is 2.35. The summed E-state index contributed by atoms with van der Waals surface area (Å²) in [7, 11) is 1.25. The van der Waals surface area contributed by atoms with Gasteiger partial charge in [-0.05, 0) is 48.1 Å². The lowest BCUT2D eigenvalue weighted by molar-refractivity contribution is -0.383. The molecule has 3 heterocycles. The molecule has 0 atom stereocenters. The Labute approximate surface area is 334 Å². The number of hydrogen-bond acceptors (Lipinski definition) is 12. The van der Waals surface area contributed by atoms with E-state index in [4.69, 9.17) is 23.9 Å². The summed E-state index contributed by atoms with van der Waals surface area (Å²) in [6, 6.07) is 19.2. The topological polar surface area (TPSA) is 194 Å². The minimum absolute atomic E-state index is 0.00137. The average molecular weight is 789 g/mol. The predicted octanol–water partition coefficient (Wildman–Crippen LogP) is 8.64. The zero-order valence-electron chi connectivity index (χ0n) is 33.2. The van der Waals surface area contributed by atoms with Crippen LogP contribution in [0.25, 0.3) is 32.7 Å². The highest BCUT2D eigenvalue weighted by atomic mass is 16.6. The van der Waals surface area contributed by atoms with Gasteiger partial charge in [0.15, 0.2) is 11.2 Å². The van der Waals surface area contributed by atoms with E-state index in [9.17, 15) is 24.5 Å². The van der Waals surface area contributed by atoms with Gasteiger partial charge in [0, 0.05) is 40.4 Å². The average Bonchev–Trinajstić information content (AvgIpc) is 3.20. The van der Waals surface area contributed by atoms with Gasteiger partial charge < -0.3 is 29.6 Å². The number of nitro benzene ring substituents is 1. The van der Waals surface area contributed by atoms with Crippen LogP contribution in [0.5, 0.6) is 17.2 Å². The summed E-state index contributed by atoms with van der Waals surface area (Å²) < 4.78 is 23.2. The van der Waals surface area contributed by atoms with Crippen molar-refractivity contribution in [3.63, 3.8) is 0 Å². The van der Waals surface area contributed by atoms with Crippen molar-refractivity contribution >= 4 is 67.6 Å². The van der Waals surface area contributed by atoms with Crippen LogP contribution < -0.4 is 24.8 Å². The molecule has 0 saturated carbocycles. The molecule has 0 aliphatic rings. The number of fused-ring (bicyclic) bond motifs is 3. The molecular formula is C43H44N6O9. The van der Waals surface area contributed by atoms with E-state index in [0.717, 1.165) is 0 Å². The second-order valence-electron chi connectivity index (χ2n) is 14.9. The Morgan fingerprint density at radius 1 is 0.603 bits per heavy atom. The summed E-state index contributed by atoms with van der Waals surface area (Å²) in [5.41, 5.74) is 0.573. The number of para-hydroxylation sites is 3. The molecule has 3 aromatic heterocycles. The van der Waals surface area contributed by atoms with Crippen LogP contribution in [0.15, 0.2) is 72.8 Å². The molecule has 0 saturated heterocycles. The number of esters is 1. The molecule has 2 N–H and O–H groups in total. The molecule has 2 amide bonds. The van der Waals surface area contributed by atoms with Gasteiger partial charge in [-0.1, -0.05) is 59.7 Å². The minimum atomic E-state index is -0.693. The molecule has 0 spiro atoms. The van der Waals surface area contributed by atoms with Gasteiger partial charge in [-0.25, -0.2) is 19.7 Å². The number of ether oxygens (including phenoxy) is 4. The molecule has 0 aliphatic heterocycles. The smallest absolute Gasteiger partial charge is 0.356 e. The van der Waals surface area contributed by atoms with Gasteiger partial charge in [0.25, 0.3) is 17.5 Å². The number of non-ortho nitro benzene ring substituents is 1. The maximum absolute atomic E-state index is 14.1. The highest BCUT2D eigenvalue weighted by Gasteiger charge is 2.23. The first-order chi connectivity index (χ1) is 27.7. The number of pyridine rings is 3. The molecule has 0 unspecified atom stereocenters. The van der Waals surface area contributed by atoms with E-state index in [0.29, 0.717) is 53.0 Å². The number of hydrogen-bond donors (Lipinski definition) is 2. The second-order valence-corrected chi connectivity index (χ2v) is 14.9. The van der Waals surface area contributed by atoms with E-state index < -0.39 is 22.7 Å². The lowest BCUT2D eigenvalue weighted by Gasteiger charge is -2.16. The fraction of sp³-hybridized carbons (Fsp3) is 0.302. The number of anilines is 2. The van der Waals surface area contributed by atoms with Crippen LogP contribution >= 0.6 is 0 Å². The predicted molar refractivity (Wildman–Crippen MR) is 220 cm³/mol. The van der Waals surface area contributed by atoms with Gasteiger partial charge in [0.05, 0.1) is 54.3 Å². The first-order valence-corrected chi connectivity index (χ1v) is 18.8. The van der Waals surface area contributed by atoms with Crippen molar-refractivity contribution in [1.82, 2.24) is 15.0 Å². The molecule has 0 fully saturated rings. The number of nitrogens with one attached hydrogen (secondary N) is 2. The third-order valence-corrected chi connectivity index (χ3v) is 8.65. The molecule has 0 aliphatic carbocycles. The number of nitrogens with zero attached hydrogens (tertiary/aromatic N) is 4. The number of aromatic nitrogens is 3. The monoisotopic (exact) mass is 788 g/mol. The quantitative estimate of drug-likeness (QED) is 0.0572. The van der Waals surface area contributed by atoms with Crippen molar-refractivity contribution in [2.75, 3.05) is 37.6 Å². The second kappa shape index (κ2) is 17.5.